The molecule has 2 N–H and O–H groups in total. The molecule has 1 unspecified atom stereocenters. The smallest absolute Gasteiger partial charge is 0.167 e. The second kappa shape index (κ2) is 6.89. The highest BCUT2D eigenvalue weighted by Crippen LogP contribution is 2.18. The Balaban J connectivity index is 2.90. The van der Waals surface area contributed by atoms with Crippen LogP contribution in [0, 0.1) is 25.2 Å². The summed E-state index contributed by atoms with van der Waals surface area (Å²) in [6, 6.07) is 1.91. The van der Waals surface area contributed by atoms with Gasteiger partial charge in [-0.05, 0) is 25.8 Å². The van der Waals surface area contributed by atoms with Crippen LogP contribution in [0.25, 0.3) is 0 Å². The van der Waals surface area contributed by atoms with Gasteiger partial charge in [-0.15, -0.1) is 5.10 Å². The van der Waals surface area contributed by atoms with Gasteiger partial charge in [-0.3, -0.25) is 0 Å². The fraction of sp³-hybridized carbons (Fsp3) is 0.583. The first-order valence-electron chi connectivity index (χ1n) is 5.74. The molecule has 1 heterocycles. The van der Waals surface area contributed by atoms with Crippen molar-refractivity contribution in [3.63, 3.8) is 0 Å². The average molecular weight is 250 g/mol. The molecule has 0 radical (unpaired) electrons. The zero-order chi connectivity index (χ0) is 13.5. The first kappa shape index (κ1) is 14.4. The van der Waals surface area contributed by atoms with Crippen LogP contribution in [0.1, 0.15) is 23.2 Å². The molecule has 0 saturated heterocycles. The molecule has 0 fully saturated rings. The van der Waals surface area contributed by atoms with Gasteiger partial charge in [0.1, 0.15) is 11.6 Å². The summed E-state index contributed by atoms with van der Waals surface area (Å²) >= 11 is 0. The van der Waals surface area contributed by atoms with Gasteiger partial charge in [0.15, 0.2) is 5.82 Å². The Morgan fingerprint density at radius 2 is 2.17 bits per heavy atom. The van der Waals surface area contributed by atoms with Crippen molar-refractivity contribution in [3.05, 3.63) is 16.8 Å². The van der Waals surface area contributed by atoms with Gasteiger partial charge < -0.3 is 15.2 Å². The van der Waals surface area contributed by atoms with E-state index in [4.69, 9.17) is 10.00 Å². The van der Waals surface area contributed by atoms with E-state index in [1.54, 1.807) is 14.0 Å². The van der Waals surface area contributed by atoms with Crippen molar-refractivity contribution in [2.75, 3.05) is 25.6 Å². The second-order valence-electron chi connectivity index (χ2n) is 4.05. The number of aliphatic hydroxyl groups excluding tert-OH is 1. The summed E-state index contributed by atoms with van der Waals surface area (Å²) in [5, 5.41) is 29.4. The third-order valence-electron chi connectivity index (χ3n) is 2.80. The van der Waals surface area contributed by atoms with Crippen molar-refractivity contribution in [2.45, 2.75) is 26.3 Å². The largest absolute Gasteiger partial charge is 0.394 e. The number of aliphatic hydroxyl groups is 1. The van der Waals surface area contributed by atoms with Gasteiger partial charge in [0.05, 0.1) is 18.3 Å². The summed E-state index contributed by atoms with van der Waals surface area (Å²) in [6.07, 6.45) is 0.631. The Bertz CT molecular complexity index is 442. The summed E-state index contributed by atoms with van der Waals surface area (Å²) in [5.41, 5.74) is 2.01. The van der Waals surface area contributed by atoms with E-state index in [1.165, 1.54) is 0 Å². The molecule has 0 amide bonds. The van der Waals surface area contributed by atoms with Crippen LogP contribution < -0.4 is 5.32 Å². The van der Waals surface area contributed by atoms with Crippen LogP contribution in [0.3, 0.4) is 0 Å². The molecule has 18 heavy (non-hydrogen) atoms. The molecule has 1 aromatic heterocycles. The number of hydrogen-bond acceptors (Lipinski definition) is 6. The van der Waals surface area contributed by atoms with E-state index in [1.807, 2.05) is 6.92 Å². The molecule has 0 aromatic carbocycles. The van der Waals surface area contributed by atoms with Gasteiger partial charge in [0, 0.05) is 13.7 Å². The first-order valence-corrected chi connectivity index (χ1v) is 5.74. The van der Waals surface area contributed by atoms with Crippen molar-refractivity contribution in [1.82, 2.24) is 10.2 Å². The lowest BCUT2D eigenvalue weighted by molar-refractivity contribution is 0.174. The number of rotatable bonds is 6. The minimum Gasteiger partial charge on any atom is -0.394 e. The van der Waals surface area contributed by atoms with E-state index < -0.39 is 0 Å². The lowest BCUT2D eigenvalue weighted by atomic mass is 10.1. The van der Waals surface area contributed by atoms with Crippen molar-refractivity contribution in [2.24, 2.45) is 0 Å². The minimum absolute atomic E-state index is 0.0527. The molecule has 0 saturated carbocycles. The third-order valence-corrected chi connectivity index (χ3v) is 2.80. The fourth-order valence-electron chi connectivity index (χ4n) is 1.51. The third kappa shape index (κ3) is 3.39. The summed E-state index contributed by atoms with van der Waals surface area (Å²) in [7, 11) is 1.60. The monoisotopic (exact) mass is 250 g/mol. The number of hydrogen-bond donors (Lipinski definition) is 2. The van der Waals surface area contributed by atoms with Crippen LogP contribution in [0.5, 0.6) is 0 Å². The zero-order valence-electron chi connectivity index (χ0n) is 10.9. The van der Waals surface area contributed by atoms with Gasteiger partial charge in [-0.2, -0.15) is 10.4 Å². The SMILES string of the molecule is COCCC(CO)Nc1nnc(C)c(C)c1C#N. The number of anilines is 1. The fourth-order valence-corrected chi connectivity index (χ4v) is 1.51. The number of aromatic nitrogens is 2. The normalized spacial score (nSPS) is 11.9. The molecule has 0 aliphatic carbocycles. The number of nitrogens with zero attached hydrogens (tertiary/aromatic N) is 3. The lowest BCUT2D eigenvalue weighted by Gasteiger charge is -2.17. The Hall–Kier alpha value is -1.71. The Labute approximate surface area is 107 Å². The molecule has 1 atom stereocenters. The molecular weight excluding hydrogens is 232 g/mol. The summed E-state index contributed by atoms with van der Waals surface area (Å²) < 4.78 is 4.96. The molecule has 6 nitrogen and oxygen atoms in total. The molecule has 98 valence electrons. The van der Waals surface area contributed by atoms with Gasteiger partial charge in [-0.25, -0.2) is 0 Å². The standard InChI is InChI=1S/C12H18N4O2/c1-8-9(2)15-16-12(11(8)6-13)14-10(7-17)4-5-18-3/h10,17H,4-5,7H2,1-3H3,(H,14,16). The van der Waals surface area contributed by atoms with E-state index in [-0.39, 0.29) is 12.6 Å². The van der Waals surface area contributed by atoms with Crippen LogP contribution in [0.2, 0.25) is 0 Å². The van der Waals surface area contributed by atoms with Crippen molar-refractivity contribution >= 4 is 5.82 Å². The highest BCUT2D eigenvalue weighted by molar-refractivity contribution is 5.56. The topological polar surface area (TPSA) is 91.1 Å². The molecule has 0 aliphatic rings. The van der Waals surface area contributed by atoms with E-state index >= 15 is 0 Å². The average Bonchev–Trinajstić information content (AvgIpc) is 2.38. The maximum atomic E-state index is 9.25. The predicted octanol–water partition coefficient (Wildman–Crippen LogP) is 0.774. The predicted molar refractivity (Wildman–Crippen MR) is 67.2 cm³/mol. The summed E-state index contributed by atoms with van der Waals surface area (Å²) in [6.45, 7) is 4.11. The van der Waals surface area contributed by atoms with Crippen molar-refractivity contribution in [3.8, 4) is 6.07 Å². The molecule has 1 aromatic rings. The highest BCUT2D eigenvalue weighted by atomic mass is 16.5. The second-order valence-corrected chi connectivity index (χ2v) is 4.05. The number of nitrogens with one attached hydrogen (secondary N) is 1. The highest BCUT2D eigenvalue weighted by Gasteiger charge is 2.14. The number of ether oxygens (including phenoxy) is 1. The van der Waals surface area contributed by atoms with Gasteiger partial charge in [-0.1, -0.05) is 0 Å². The maximum absolute atomic E-state index is 9.25. The summed E-state index contributed by atoms with van der Waals surface area (Å²) in [4.78, 5) is 0. The van der Waals surface area contributed by atoms with Crippen LogP contribution >= 0.6 is 0 Å². The van der Waals surface area contributed by atoms with E-state index in [0.29, 0.717) is 24.4 Å². The molecule has 0 aliphatic heterocycles. The minimum atomic E-state index is -0.201. The first-order chi connectivity index (χ1) is 8.63. The van der Waals surface area contributed by atoms with Gasteiger partial charge in [0.25, 0.3) is 0 Å². The van der Waals surface area contributed by atoms with Gasteiger partial charge in [0.2, 0.25) is 0 Å². The van der Waals surface area contributed by atoms with Crippen LogP contribution in [-0.2, 0) is 4.74 Å². The van der Waals surface area contributed by atoms with E-state index in [9.17, 15) is 5.11 Å². The number of aryl methyl sites for hydroxylation is 1. The summed E-state index contributed by atoms with van der Waals surface area (Å²) in [5.74, 6) is 0.413. The van der Waals surface area contributed by atoms with Crippen molar-refractivity contribution < 1.29 is 9.84 Å². The number of nitriles is 1. The lowest BCUT2D eigenvalue weighted by Crippen LogP contribution is -2.26. The quantitative estimate of drug-likeness (QED) is 0.775. The van der Waals surface area contributed by atoms with E-state index in [0.717, 1.165) is 11.3 Å². The van der Waals surface area contributed by atoms with Crippen LogP contribution in [0.4, 0.5) is 5.82 Å². The Kier molecular flexibility index (Phi) is 5.49. The maximum Gasteiger partial charge on any atom is 0.167 e. The van der Waals surface area contributed by atoms with Crippen LogP contribution in [0.15, 0.2) is 0 Å². The van der Waals surface area contributed by atoms with Crippen LogP contribution in [-0.4, -0.2) is 41.7 Å². The van der Waals surface area contributed by atoms with Gasteiger partial charge >= 0.3 is 0 Å². The van der Waals surface area contributed by atoms with Crippen molar-refractivity contribution in [1.29, 1.82) is 5.26 Å². The molecular formula is C12H18N4O2. The Morgan fingerprint density at radius 1 is 1.44 bits per heavy atom. The molecule has 1 rings (SSSR count). The molecule has 0 bridgehead atoms. The molecule has 6 heteroatoms. The Morgan fingerprint density at radius 3 is 2.72 bits per heavy atom. The number of methoxy groups -OCH3 is 1. The zero-order valence-corrected chi connectivity index (χ0v) is 10.9. The van der Waals surface area contributed by atoms with E-state index in [2.05, 4.69) is 21.6 Å². The molecule has 0 spiro atoms.